The fourth-order valence-electron chi connectivity index (χ4n) is 6.39. The number of amides is 1. The third kappa shape index (κ3) is 4.31. The van der Waals surface area contributed by atoms with Gasteiger partial charge < -0.3 is 4.90 Å². The molecule has 182 valence electrons. The van der Waals surface area contributed by atoms with Crippen LogP contribution in [0.3, 0.4) is 0 Å². The molecule has 0 N–H and O–H groups in total. The molecule has 2 fully saturated rings. The number of halogens is 1. The Morgan fingerprint density at radius 2 is 1.79 bits per heavy atom. The Labute approximate surface area is 211 Å². The van der Waals surface area contributed by atoms with E-state index >= 15 is 0 Å². The van der Waals surface area contributed by atoms with Crippen LogP contribution in [-0.2, 0) is 6.42 Å². The van der Waals surface area contributed by atoms with E-state index in [9.17, 15) is 4.79 Å². The third-order valence-electron chi connectivity index (χ3n) is 8.56. The first-order valence-corrected chi connectivity index (χ1v) is 13.4. The Bertz CT molecular complexity index is 1060. The molecule has 7 heteroatoms. The molecule has 6 nitrogen and oxygen atoms in total. The second-order valence-corrected chi connectivity index (χ2v) is 11.6. The molecule has 5 rings (SSSR count). The van der Waals surface area contributed by atoms with Gasteiger partial charge in [-0.2, -0.15) is 0 Å². The molecule has 1 unspecified atom stereocenters. The highest BCUT2D eigenvalue weighted by molar-refractivity contribution is 9.10. The van der Waals surface area contributed by atoms with Gasteiger partial charge in [0.2, 0.25) is 0 Å². The maximum atomic E-state index is 13.2. The van der Waals surface area contributed by atoms with E-state index in [1.54, 1.807) is 6.33 Å². The summed E-state index contributed by atoms with van der Waals surface area (Å²) in [5, 5.41) is 0. The average Bonchev–Trinajstić information content (AvgIpc) is 3.22. The van der Waals surface area contributed by atoms with Gasteiger partial charge in [0.1, 0.15) is 6.33 Å². The van der Waals surface area contributed by atoms with Gasteiger partial charge in [-0.3, -0.25) is 14.6 Å². The molecule has 34 heavy (non-hydrogen) atoms. The molecule has 2 aromatic rings. The van der Waals surface area contributed by atoms with Gasteiger partial charge in [0.25, 0.3) is 5.91 Å². The molecule has 3 aliphatic rings. The number of nitrogens with zero attached hydrogens (tertiary/aromatic N) is 5. The maximum Gasteiger partial charge on any atom is 0.257 e. The van der Waals surface area contributed by atoms with E-state index in [1.807, 2.05) is 18.7 Å². The lowest BCUT2D eigenvalue weighted by Gasteiger charge is -2.52. The summed E-state index contributed by atoms with van der Waals surface area (Å²) in [7, 11) is 0. The van der Waals surface area contributed by atoms with E-state index < -0.39 is 0 Å². The Balaban J connectivity index is 1.22. The van der Waals surface area contributed by atoms with E-state index in [4.69, 9.17) is 0 Å². The second-order valence-electron chi connectivity index (χ2n) is 10.6. The first-order chi connectivity index (χ1) is 16.3. The lowest BCUT2D eigenvalue weighted by atomic mass is 9.86. The van der Waals surface area contributed by atoms with Crippen molar-refractivity contribution in [2.45, 2.75) is 71.0 Å². The second kappa shape index (κ2) is 9.32. The summed E-state index contributed by atoms with van der Waals surface area (Å²) in [6.07, 6.45) is 5.98. The number of aryl methyl sites for hydroxylation is 3. The lowest BCUT2D eigenvalue weighted by Crippen LogP contribution is -2.62. The van der Waals surface area contributed by atoms with Gasteiger partial charge in [0.05, 0.1) is 17.0 Å². The van der Waals surface area contributed by atoms with Gasteiger partial charge in [0.15, 0.2) is 0 Å². The van der Waals surface area contributed by atoms with Crippen LogP contribution >= 0.6 is 15.9 Å². The highest BCUT2D eigenvalue weighted by atomic mass is 79.9. The molecular weight excluding hydrogens is 490 g/mol. The van der Waals surface area contributed by atoms with Crippen molar-refractivity contribution in [3.8, 4) is 0 Å². The minimum absolute atomic E-state index is 0.0851. The van der Waals surface area contributed by atoms with E-state index in [2.05, 4.69) is 67.7 Å². The number of likely N-dealkylation sites (tertiary alicyclic amines) is 1. The van der Waals surface area contributed by atoms with Gasteiger partial charge in [-0.15, -0.1) is 0 Å². The number of hydrogen-bond acceptors (Lipinski definition) is 5. The van der Waals surface area contributed by atoms with Gasteiger partial charge in [-0.25, -0.2) is 9.97 Å². The fourth-order valence-corrected chi connectivity index (χ4v) is 6.77. The molecule has 1 aromatic carbocycles. The molecule has 1 aliphatic carbocycles. The lowest BCUT2D eigenvalue weighted by molar-refractivity contribution is -0.0298. The van der Waals surface area contributed by atoms with Crippen LogP contribution in [0.2, 0.25) is 0 Å². The summed E-state index contributed by atoms with van der Waals surface area (Å²) in [4.78, 5) is 29.2. The monoisotopic (exact) mass is 525 g/mol. The van der Waals surface area contributed by atoms with E-state index in [0.717, 1.165) is 57.0 Å². The van der Waals surface area contributed by atoms with E-state index in [1.165, 1.54) is 28.4 Å². The molecule has 0 radical (unpaired) electrons. The van der Waals surface area contributed by atoms with Crippen LogP contribution in [0.1, 0.15) is 72.0 Å². The van der Waals surface area contributed by atoms with Gasteiger partial charge in [0, 0.05) is 54.8 Å². The normalized spacial score (nSPS) is 25.4. The summed E-state index contributed by atoms with van der Waals surface area (Å²) >= 11 is 3.68. The van der Waals surface area contributed by atoms with Gasteiger partial charge >= 0.3 is 0 Å². The standard InChI is InChI=1S/C27H36BrN5O/c1-18-16-32(13-14-33(18)24-8-6-21-5-7-22(28)15-23(21)24)27(4)9-11-31(12-10-27)26(34)25-19(2)29-17-30-20(25)3/h5,7,15,17-18,24H,6,8-14,16H2,1-4H3/t18-,24?/m0/s1. The SMILES string of the molecule is Cc1ncnc(C)c1C(=O)N1CCC(C)(N2CCN(C3CCc4ccc(Br)cc43)[C@@H](C)C2)CC1. The summed E-state index contributed by atoms with van der Waals surface area (Å²) in [5.41, 5.74) is 5.40. The molecule has 2 atom stereocenters. The van der Waals surface area contributed by atoms with Gasteiger partial charge in [-0.1, -0.05) is 22.0 Å². The first-order valence-electron chi connectivity index (χ1n) is 12.6. The van der Waals surface area contributed by atoms with Crippen molar-refractivity contribution in [2.75, 3.05) is 32.7 Å². The smallest absolute Gasteiger partial charge is 0.257 e. The largest absolute Gasteiger partial charge is 0.338 e. The van der Waals surface area contributed by atoms with Gasteiger partial charge in [-0.05, 0) is 76.6 Å². The molecule has 0 bridgehead atoms. The Hall–Kier alpha value is -1.83. The Morgan fingerprint density at radius 3 is 2.47 bits per heavy atom. The Kier molecular flexibility index (Phi) is 6.55. The minimum Gasteiger partial charge on any atom is -0.338 e. The van der Waals surface area contributed by atoms with Crippen LogP contribution in [0.5, 0.6) is 0 Å². The zero-order valence-corrected chi connectivity index (χ0v) is 22.4. The zero-order chi connectivity index (χ0) is 24.0. The molecular formula is C27H36BrN5O. The van der Waals surface area contributed by atoms with Crippen LogP contribution in [-0.4, -0.2) is 74.9 Å². The summed E-state index contributed by atoms with van der Waals surface area (Å²) in [6, 6.07) is 7.86. The van der Waals surface area contributed by atoms with Crippen LogP contribution in [0.4, 0.5) is 0 Å². The number of benzene rings is 1. The van der Waals surface area contributed by atoms with Crippen LogP contribution in [0, 0.1) is 13.8 Å². The number of fused-ring (bicyclic) bond motifs is 1. The zero-order valence-electron chi connectivity index (χ0n) is 20.9. The van der Waals surface area contributed by atoms with Crippen molar-refractivity contribution in [3.05, 3.63) is 57.1 Å². The number of piperazine rings is 1. The van der Waals surface area contributed by atoms with Crippen molar-refractivity contribution >= 4 is 21.8 Å². The maximum absolute atomic E-state index is 13.2. The number of piperidine rings is 1. The third-order valence-corrected chi connectivity index (χ3v) is 9.06. The number of carbonyl (C=O) groups excluding carboxylic acids is 1. The molecule has 1 aromatic heterocycles. The van der Waals surface area contributed by atoms with Crippen molar-refractivity contribution in [2.24, 2.45) is 0 Å². The summed E-state index contributed by atoms with van der Waals surface area (Å²) in [5.74, 6) is 0.0851. The van der Waals surface area contributed by atoms with Crippen LogP contribution in [0.25, 0.3) is 0 Å². The van der Waals surface area contributed by atoms with Crippen molar-refractivity contribution in [3.63, 3.8) is 0 Å². The highest BCUT2D eigenvalue weighted by Crippen LogP contribution is 2.40. The van der Waals surface area contributed by atoms with Crippen molar-refractivity contribution in [1.82, 2.24) is 24.7 Å². The van der Waals surface area contributed by atoms with Crippen LogP contribution in [0.15, 0.2) is 29.0 Å². The van der Waals surface area contributed by atoms with E-state index in [-0.39, 0.29) is 11.4 Å². The van der Waals surface area contributed by atoms with Crippen molar-refractivity contribution < 1.29 is 4.79 Å². The quantitative estimate of drug-likeness (QED) is 0.588. The van der Waals surface area contributed by atoms with Crippen LogP contribution < -0.4 is 0 Å². The average molecular weight is 527 g/mol. The predicted octanol–water partition coefficient (Wildman–Crippen LogP) is 4.54. The Morgan fingerprint density at radius 1 is 1.09 bits per heavy atom. The molecule has 3 heterocycles. The highest BCUT2D eigenvalue weighted by Gasteiger charge is 2.42. The molecule has 0 spiro atoms. The van der Waals surface area contributed by atoms with E-state index in [0.29, 0.717) is 17.6 Å². The number of hydrogen-bond donors (Lipinski definition) is 0. The number of aromatic nitrogens is 2. The van der Waals surface area contributed by atoms with Crippen molar-refractivity contribution in [1.29, 1.82) is 0 Å². The molecule has 0 saturated carbocycles. The topological polar surface area (TPSA) is 52.6 Å². The molecule has 2 saturated heterocycles. The number of carbonyl (C=O) groups is 1. The fraction of sp³-hybridized carbons (Fsp3) is 0.593. The number of rotatable bonds is 3. The summed E-state index contributed by atoms with van der Waals surface area (Å²) < 4.78 is 1.19. The minimum atomic E-state index is 0.0851. The first kappa shape index (κ1) is 23.9. The molecule has 2 aliphatic heterocycles. The molecule has 1 amide bonds. The predicted molar refractivity (Wildman–Crippen MR) is 138 cm³/mol. The summed E-state index contributed by atoms with van der Waals surface area (Å²) in [6.45, 7) is 13.5.